The van der Waals surface area contributed by atoms with E-state index in [0.717, 1.165) is 12.0 Å². The Morgan fingerprint density at radius 2 is 2.06 bits per heavy atom. The van der Waals surface area contributed by atoms with E-state index in [1.165, 1.54) is 0 Å². The number of ether oxygens (including phenoxy) is 1. The topological polar surface area (TPSA) is 55.6 Å². The lowest BCUT2D eigenvalue weighted by Crippen LogP contribution is -2.36. The molecule has 0 spiro atoms. The number of methoxy groups -OCH3 is 1. The van der Waals surface area contributed by atoms with Crippen LogP contribution < -0.4 is 5.73 Å². The van der Waals surface area contributed by atoms with Crippen LogP contribution in [0, 0.1) is 0 Å². The maximum atomic E-state index is 12.3. The van der Waals surface area contributed by atoms with Gasteiger partial charge in [0.2, 0.25) is 5.91 Å². The van der Waals surface area contributed by atoms with E-state index in [-0.39, 0.29) is 11.8 Å². The smallest absolute Gasteiger partial charge is 0.231 e. The number of amides is 1. The predicted molar refractivity (Wildman–Crippen MR) is 72.4 cm³/mol. The molecule has 0 saturated heterocycles. The fourth-order valence-electron chi connectivity index (χ4n) is 1.89. The zero-order valence-electron chi connectivity index (χ0n) is 11.1. The summed E-state index contributed by atoms with van der Waals surface area (Å²) in [5.74, 6) is -0.182. The molecule has 0 aliphatic carbocycles. The van der Waals surface area contributed by atoms with E-state index >= 15 is 0 Å². The molecule has 2 N–H and O–H groups in total. The van der Waals surface area contributed by atoms with Crippen molar-refractivity contribution in [1.29, 1.82) is 0 Å². The van der Waals surface area contributed by atoms with E-state index in [1.807, 2.05) is 37.4 Å². The fraction of sp³-hybridized carbons (Fsp3) is 0.500. The van der Waals surface area contributed by atoms with Crippen molar-refractivity contribution in [2.24, 2.45) is 5.73 Å². The number of hydrogen-bond donors (Lipinski definition) is 1. The normalized spacial score (nSPS) is 12.2. The molecule has 0 aliphatic heterocycles. The quantitative estimate of drug-likeness (QED) is 0.740. The van der Waals surface area contributed by atoms with Gasteiger partial charge >= 0.3 is 0 Å². The Morgan fingerprint density at radius 1 is 1.39 bits per heavy atom. The lowest BCUT2D eigenvalue weighted by atomic mass is 9.98. The Morgan fingerprint density at radius 3 is 2.61 bits per heavy atom. The molecule has 0 aromatic heterocycles. The van der Waals surface area contributed by atoms with E-state index in [9.17, 15) is 4.79 Å². The summed E-state index contributed by atoms with van der Waals surface area (Å²) in [6.07, 6.45) is 0.838. The average molecular weight is 250 g/mol. The Hall–Kier alpha value is -1.39. The van der Waals surface area contributed by atoms with Crippen LogP contribution in [0.3, 0.4) is 0 Å². The van der Waals surface area contributed by atoms with Crippen molar-refractivity contribution in [3.8, 4) is 0 Å². The number of nitrogens with two attached hydrogens (primary N) is 1. The van der Waals surface area contributed by atoms with Gasteiger partial charge in [-0.1, -0.05) is 30.3 Å². The maximum absolute atomic E-state index is 12.3. The Bertz CT molecular complexity index is 354. The van der Waals surface area contributed by atoms with Gasteiger partial charge in [0.1, 0.15) is 0 Å². The van der Waals surface area contributed by atoms with Crippen LogP contribution in [0.2, 0.25) is 0 Å². The molecule has 100 valence electrons. The molecule has 1 aromatic carbocycles. The fourth-order valence-corrected chi connectivity index (χ4v) is 1.89. The van der Waals surface area contributed by atoms with Gasteiger partial charge in [-0.15, -0.1) is 0 Å². The molecule has 4 heteroatoms. The van der Waals surface area contributed by atoms with Crippen LogP contribution >= 0.6 is 0 Å². The summed E-state index contributed by atoms with van der Waals surface area (Å²) in [4.78, 5) is 14.0. The van der Waals surface area contributed by atoms with Gasteiger partial charge in [0.05, 0.1) is 5.92 Å². The number of carbonyl (C=O) groups excluding carboxylic acids is 1. The zero-order chi connectivity index (χ0) is 13.4. The number of benzene rings is 1. The first kappa shape index (κ1) is 14.7. The molecule has 0 saturated carbocycles. The van der Waals surface area contributed by atoms with Gasteiger partial charge in [0.25, 0.3) is 0 Å². The first-order chi connectivity index (χ1) is 8.70. The minimum absolute atomic E-state index is 0.0693. The van der Waals surface area contributed by atoms with Crippen molar-refractivity contribution in [3.05, 3.63) is 35.9 Å². The second-order valence-corrected chi connectivity index (χ2v) is 4.31. The van der Waals surface area contributed by atoms with E-state index in [1.54, 1.807) is 12.0 Å². The molecule has 4 nitrogen and oxygen atoms in total. The average Bonchev–Trinajstić information content (AvgIpc) is 2.41. The molecule has 0 fully saturated rings. The van der Waals surface area contributed by atoms with Crippen molar-refractivity contribution < 1.29 is 9.53 Å². The molecular formula is C14H22N2O2. The van der Waals surface area contributed by atoms with Crippen LogP contribution in [0.5, 0.6) is 0 Å². The number of hydrogen-bond acceptors (Lipinski definition) is 3. The summed E-state index contributed by atoms with van der Waals surface area (Å²) in [6, 6.07) is 9.67. The summed E-state index contributed by atoms with van der Waals surface area (Å²) in [5.41, 5.74) is 6.70. The molecule has 1 atom stereocenters. The minimum atomic E-state index is -0.251. The van der Waals surface area contributed by atoms with Gasteiger partial charge in [-0.2, -0.15) is 0 Å². The predicted octanol–water partition coefficient (Wildman–Crippen LogP) is 1.22. The second kappa shape index (κ2) is 7.84. The van der Waals surface area contributed by atoms with Crippen molar-refractivity contribution in [1.82, 2.24) is 4.90 Å². The highest BCUT2D eigenvalue weighted by molar-refractivity contribution is 5.83. The SMILES string of the molecule is COCCCN(C)C(=O)C(CN)c1ccccc1. The van der Waals surface area contributed by atoms with E-state index in [4.69, 9.17) is 10.5 Å². The summed E-state index contributed by atoms with van der Waals surface area (Å²) < 4.78 is 4.98. The van der Waals surface area contributed by atoms with Crippen LogP contribution in [0.15, 0.2) is 30.3 Å². The minimum Gasteiger partial charge on any atom is -0.385 e. The van der Waals surface area contributed by atoms with Crippen molar-refractivity contribution in [2.45, 2.75) is 12.3 Å². The third kappa shape index (κ3) is 4.13. The molecule has 18 heavy (non-hydrogen) atoms. The first-order valence-corrected chi connectivity index (χ1v) is 6.19. The lowest BCUT2D eigenvalue weighted by molar-refractivity contribution is -0.131. The molecule has 1 amide bonds. The highest BCUT2D eigenvalue weighted by Gasteiger charge is 2.21. The Labute approximate surface area is 109 Å². The molecular weight excluding hydrogens is 228 g/mol. The summed E-state index contributed by atoms with van der Waals surface area (Å²) >= 11 is 0. The number of carbonyl (C=O) groups is 1. The molecule has 0 heterocycles. The largest absolute Gasteiger partial charge is 0.385 e. The third-order valence-electron chi connectivity index (χ3n) is 2.95. The second-order valence-electron chi connectivity index (χ2n) is 4.31. The number of nitrogens with zero attached hydrogens (tertiary/aromatic N) is 1. The maximum Gasteiger partial charge on any atom is 0.231 e. The van der Waals surface area contributed by atoms with Crippen molar-refractivity contribution in [3.63, 3.8) is 0 Å². The van der Waals surface area contributed by atoms with Crippen molar-refractivity contribution in [2.75, 3.05) is 33.9 Å². The van der Waals surface area contributed by atoms with Crippen LogP contribution in [-0.4, -0.2) is 44.7 Å². The van der Waals surface area contributed by atoms with Crippen molar-refractivity contribution >= 4 is 5.91 Å². The third-order valence-corrected chi connectivity index (χ3v) is 2.95. The molecule has 0 aliphatic rings. The van der Waals surface area contributed by atoms with Gasteiger partial charge in [-0.25, -0.2) is 0 Å². The van der Waals surface area contributed by atoms with E-state index in [0.29, 0.717) is 19.7 Å². The summed E-state index contributed by atoms with van der Waals surface area (Å²) in [6.45, 7) is 1.68. The van der Waals surface area contributed by atoms with Crippen LogP contribution in [0.4, 0.5) is 0 Å². The molecule has 1 unspecified atom stereocenters. The number of rotatable bonds is 7. The summed E-state index contributed by atoms with van der Waals surface area (Å²) in [5, 5.41) is 0. The lowest BCUT2D eigenvalue weighted by Gasteiger charge is -2.23. The van der Waals surface area contributed by atoms with Gasteiger partial charge in [-0.05, 0) is 12.0 Å². The molecule has 1 aromatic rings. The molecule has 1 rings (SSSR count). The standard InChI is InChI=1S/C14H22N2O2/c1-16(9-6-10-18-2)14(17)13(11-15)12-7-4-3-5-8-12/h3-5,7-8,13H,6,9-11,15H2,1-2H3. The highest BCUT2D eigenvalue weighted by atomic mass is 16.5. The van der Waals surface area contributed by atoms with Crippen LogP contribution in [-0.2, 0) is 9.53 Å². The summed E-state index contributed by atoms with van der Waals surface area (Å²) in [7, 11) is 3.47. The Balaban J connectivity index is 2.62. The van der Waals surface area contributed by atoms with Gasteiger partial charge in [0.15, 0.2) is 0 Å². The van der Waals surface area contributed by atoms with Crippen LogP contribution in [0.1, 0.15) is 17.9 Å². The zero-order valence-corrected chi connectivity index (χ0v) is 11.1. The number of likely N-dealkylation sites (N-methyl/N-ethyl adjacent to an activating group) is 1. The molecule has 0 bridgehead atoms. The van der Waals surface area contributed by atoms with Gasteiger partial charge in [-0.3, -0.25) is 4.79 Å². The first-order valence-electron chi connectivity index (χ1n) is 6.19. The van der Waals surface area contributed by atoms with E-state index < -0.39 is 0 Å². The highest BCUT2D eigenvalue weighted by Crippen LogP contribution is 2.16. The van der Waals surface area contributed by atoms with E-state index in [2.05, 4.69) is 0 Å². The Kier molecular flexibility index (Phi) is 6.39. The monoisotopic (exact) mass is 250 g/mol. The molecule has 0 radical (unpaired) electrons. The van der Waals surface area contributed by atoms with Gasteiger partial charge < -0.3 is 15.4 Å². The van der Waals surface area contributed by atoms with Crippen LogP contribution in [0.25, 0.3) is 0 Å². The van der Waals surface area contributed by atoms with Gasteiger partial charge in [0, 0.05) is 33.9 Å².